The van der Waals surface area contributed by atoms with Crippen LogP contribution in [0.1, 0.15) is 30.7 Å². The molecule has 9 heteroatoms. The Kier molecular flexibility index (Phi) is 4.94. The number of nitrogens with zero attached hydrogens (tertiary/aromatic N) is 1. The topological polar surface area (TPSA) is 76.4 Å². The van der Waals surface area contributed by atoms with Crippen LogP contribution in [0.15, 0.2) is 4.52 Å². The molecule has 1 saturated heterocycles. The Morgan fingerprint density at radius 2 is 2.18 bits per heavy atom. The van der Waals surface area contributed by atoms with Gasteiger partial charge in [-0.05, 0) is 26.7 Å². The van der Waals surface area contributed by atoms with Gasteiger partial charge in [0.15, 0.2) is 5.76 Å². The zero-order valence-corrected chi connectivity index (χ0v) is 12.3. The molecule has 1 aromatic heterocycles. The van der Waals surface area contributed by atoms with Gasteiger partial charge in [0.1, 0.15) is 17.4 Å². The number of aryl methyl sites for hydroxylation is 2. The van der Waals surface area contributed by atoms with Crippen molar-refractivity contribution in [1.29, 1.82) is 0 Å². The van der Waals surface area contributed by atoms with Crippen LogP contribution in [0.2, 0.25) is 0 Å². The number of ether oxygens (including phenoxy) is 1. The van der Waals surface area contributed by atoms with E-state index in [1.54, 1.807) is 13.8 Å². The van der Waals surface area contributed by atoms with Gasteiger partial charge >= 0.3 is 12.2 Å². The Labute approximate surface area is 125 Å². The van der Waals surface area contributed by atoms with Crippen LogP contribution in [-0.4, -0.2) is 36.1 Å². The normalized spacial score (nSPS) is 20.0. The standard InChI is InChI=1S/C13H18F3N3O3/c1-7-11(8(2)22-19-7)18-12(20)17-10(13(14,15)16)6-9-4-3-5-21-9/h9-10H,3-6H2,1-2H3,(H2,17,18,20). The minimum absolute atomic E-state index is 0.274. The van der Waals surface area contributed by atoms with E-state index in [4.69, 9.17) is 9.26 Å². The summed E-state index contributed by atoms with van der Waals surface area (Å²) >= 11 is 0. The van der Waals surface area contributed by atoms with Crippen molar-refractivity contribution in [3.63, 3.8) is 0 Å². The molecule has 2 heterocycles. The number of hydrogen-bond donors (Lipinski definition) is 2. The number of carbonyl (C=O) groups is 1. The van der Waals surface area contributed by atoms with E-state index < -0.39 is 24.4 Å². The summed E-state index contributed by atoms with van der Waals surface area (Å²) in [5, 5.41) is 7.91. The van der Waals surface area contributed by atoms with Crippen LogP contribution in [0.25, 0.3) is 0 Å². The Hall–Kier alpha value is -1.77. The van der Waals surface area contributed by atoms with Crippen molar-refractivity contribution in [2.45, 2.75) is 51.4 Å². The van der Waals surface area contributed by atoms with Gasteiger partial charge in [-0.1, -0.05) is 5.16 Å². The van der Waals surface area contributed by atoms with Crippen LogP contribution in [0.4, 0.5) is 23.7 Å². The summed E-state index contributed by atoms with van der Waals surface area (Å²) < 4.78 is 49.2. The lowest BCUT2D eigenvalue weighted by molar-refractivity contribution is -0.159. The second kappa shape index (κ2) is 6.55. The molecule has 1 aromatic rings. The molecule has 1 aliphatic heterocycles. The number of carbonyl (C=O) groups excluding carboxylic acids is 1. The van der Waals surface area contributed by atoms with Gasteiger partial charge in [0.2, 0.25) is 0 Å². The van der Waals surface area contributed by atoms with E-state index >= 15 is 0 Å². The van der Waals surface area contributed by atoms with E-state index in [1.807, 2.05) is 5.32 Å². The summed E-state index contributed by atoms with van der Waals surface area (Å²) in [5.41, 5.74) is 0.672. The van der Waals surface area contributed by atoms with Crippen molar-refractivity contribution in [2.75, 3.05) is 11.9 Å². The summed E-state index contributed by atoms with van der Waals surface area (Å²) in [6.07, 6.45) is -4.01. The van der Waals surface area contributed by atoms with Crippen LogP contribution in [-0.2, 0) is 4.74 Å². The molecule has 2 N–H and O–H groups in total. The van der Waals surface area contributed by atoms with Gasteiger partial charge in [0, 0.05) is 13.0 Å². The zero-order chi connectivity index (χ0) is 16.3. The number of anilines is 1. The monoisotopic (exact) mass is 321 g/mol. The highest BCUT2D eigenvalue weighted by Crippen LogP contribution is 2.27. The lowest BCUT2D eigenvalue weighted by Gasteiger charge is -2.24. The first-order valence-electron chi connectivity index (χ1n) is 6.96. The lowest BCUT2D eigenvalue weighted by Crippen LogP contribution is -2.48. The van der Waals surface area contributed by atoms with Gasteiger partial charge < -0.3 is 19.9 Å². The van der Waals surface area contributed by atoms with E-state index in [-0.39, 0.29) is 12.1 Å². The molecule has 1 aliphatic rings. The zero-order valence-electron chi connectivity index (χ0n) is 12.3. The average Bonchev–Trinajstić information content (AvgIpc) is 3.02. The first kappa shape index (κ1) is 16.6. The number of rotatable bonds is 4. The van der Waals surface area contributed by atoms with E-state index in [0.717, 1.165) is 6.42 Å². The molecule has 124 valence electrons. The third-order valence-electron chi connectivity index (χ3n) is 3.49. The van der Waals surface area contributed by atoms with Gasteiger partial charge in [-0.3, -0.25) is 0 Å². The molecule has 2 atom stereocenters. The molecule has 1 fully saturated rings. The third-order valence-corrected chi connectivity index (χ3v) is 3.49. The highest BCUT2D eigenvalue weighted by molar-refractivity contribution is 5.90. The van der Waals surface area contributed by atoms with Gasteiger partial charge in [-0.2, -0.15) is 13.2 Å². The van der Waals surface area contributed by atoms with Crippen LogP contribution in [0.5, 0.6) is 0 Å². The Bertz CT molecular complexity index is 505. The Morgan fingerprint density at radius 3 is 2.68 bits per heavy atom. The fraction of sp³-hybridized carbons (Fsp3) is 0.692. The molecule has 0 radical (unpaired) electrons. The van der Waals surface area contributed by atoms with Crippen molar-refractivity contribution in [1.82, 2.24) is 10.5 Å². The summed E-state index contributed by atoms with van der Waals surface area (Å²) in [5.74, 6) is 0.329. The molecule has 2 unspecified atom stereocenters. The number of amides is 2. The second-order valence-electron chi connectivity index (χ2n) is 5.26. The average molecular weight is 321 g/mol. The van der Waals surface area contributed by atoms with Crippen molar-refractivity contribution >= 4 is 11.7 Å². The van der Waals surface area contributed by atoms with Crippen LogP contribution >= 0.6 is 0 Å². The van der Waals surface area contributed by atoms with Gasteiger partial charge in [0.05, 0.1) is 6.10 Å². The van der Waals surface area contributed by atoms with Gasteiger partial charge in [-0.15, -0.1) is 0 Å². The molecule has 2 amide bonds. The maximum absolute atomic E-state index is 13.0. The maximum atomic E-state index is 13.0. The molecular weight excluding hydrogens is 303 g/mol. The first-order valence-corrected chi connectivity index (χ1v) is 6.96. The molecule has 2 rings (SSSR count). The highest BCUT2D eigenvalue weighted by atomic mass is 19.4. The van der Waals surface area contributed by atoms with Crippen LogP contribution < -0.4 is 10.6 Å². The second-order valence-corrected chi connectivity index (χ2v) is 5.26. The van der Waals surface area contributed by atoms with E-state index in [9.17, 15) is 18.0 Å². The number of hydrogen-bond acceptors (Lipinski definition) is 4. The van der Waals surface area contributed by atoms with E-state index in [0.29, 0.717) is 24.5 Å². The largest absolute Gasteiger partial charge is 0.408 e. The Balaban J connectivity index is 1.98. The highest BCUT2D eigenvalue weighted by Gasteiger charge is 2.42. The lowest BCUT2D eigenvalue weighted by atomic mass is 10.1. The summed E-state index contributed by atoms with van der Waals surface area (Å²) in [6.45, 7) is 3.60. The van der Waals surface area contributed by atoms with Crippen molar-refractivity contribution in [3.05, 3.63) is 11.5 Å². The predicted molar refractivity (Wildman–Crippen MR) is 71.6 cm³/mol. The first-order chi connectivity index (χ1) is 10.3. The van der Waals surface area contributed by atoms with Crippen molar-refractivity contribution in [3.8, 4) is 0 Å². The molecule has 22 heavy (non-hydrogen) atoms. The van der Waals surface area contributed by atoms with Crippen LogP contribution in [0, 0.1) is 13.8 Å². The number of nitrogens with one attached hydrogen (secondary N) is 2. The SMILES string of the molecule is Cc1noc(C)c1NC(=O)NC(CC1CCCO1)C(F)(F)F. The minimum atomic E-state index is -4.54. The van der Waals surface area contributed by atoms with E-state index in [2.05, 4.69) is 10.5 Å². The molecule has 0 spiro atoms. The van der Waals surface area contributed by atoms with Crippen LogP contribution in [0.3, 0.4) is 0 Å². The maximum Gasteiger partial charge on any atom is 0.408 e. The summed E-state index contributed by atoms with van der Waals surface area (Å²) in [4.78, 5) is 11.8. The fourth-order valence-electron chi connectivity index (χ4n) is 2.34. The number of urea groups is 1. The fourth-order valence-corrected chi connectivity index (χ4v) is 2.34. The number of aromatic nitrogens is 1. The van der Waals surface area contributed by atoms with Crippen molar-refractivity contribution < 1.29 is 27.2 Å². The Morgan fingerprint density at radius 1 is 1.45 bits per heavy atom. The molecule has 0 saturated carbocycles. The third kappa shape index (κ3) is 4.12. The van der Waals surface area contributed by atoms with Gasteiger partial charge in [0.25, 0.3) is 0 Å². The van der Waals surface area contributed by atoms with Gasteiger partial charge in [-0.25, -0.2) is 4.79 Å². The predicted octanol–water partition coefficient (Wildman–Crippen LogP) is 2.91. The van der Waals surface area contributed by atoms with E-state index in [1.165, 1.54) is 0 Å². The summed E-state index contributed by atoms with van der Waals surface area (Å²) in [7, 11) is 0. The summed E-state index contributed by atoms with van der Waals surface area (Å²) in [6, 6.07) is -2.91. The number of halogens is 3. The molecular formula is C13H18F3N3O3. The quantitative estimate of drug-likeness (QED) is 0.894. The van der Waals surface area contributed by atoms with Crippen molar-refractivity contribution in [2.24, 2.45) is 0 Å². The molecule has 0 aliphatic carbocycles. The molecule has 0 bridgehead atoms. The number of alkyl halides is 3. The smallest absolute Gasteiger partial charge is 0.378 e. The minimum Gasteiger partial charge on any atom is -0.378 e. The molecule has 0 aromatic carbocycles. The molecule has 6 nitrogen and oxygen atoms in total.